The fraction of sp³-hybridized carbons (Fsp3) is 0.364. The number of benzene rings is 2. The van der Waals surface area contributed by atoms with Crippen LogP contribution in [0.25, 0.3) is 0 Å². The molecule has 1 heterocycles. The third kappa shape index (κ3) is 2.78. The molecular formula is C22H25NO2. The minimum absolute atomic E-state index is 0.282. The summed E-state index contributed by atoms with van der Waals surface area (Å²) in [4.78, 5) is 0. The van der Waals surface area contributed by atoms with Crippen molar-refractivity contribution >= 4 is 0 Å². The first-order valence-corrected chi connectivity index (χ1v) is 9.17. The normalized spacial score (nSPS) is 27.5. The van der Waals surface area contributed by atoms with E-state index in [1.807, 2.05) is 25.3 Å². The molecule has 2 aliphatic rings. The van der Waals surface area contributed by atoms with Gasteiger partial charge in [-0.05, 0) is 32.3 Å². The summed E-state index contributed by atoms with van der Waals surface area (Å²) in [6.45, 7) is 2.67. The van der Waals surface area contributed by atoms with Crippen LogP contribution in [0.15, 0.2) is 73.0 Å². The quantitative estimate of drug-likeness (QED) is 0.824. The molecule has 0 amide bonds. The molecule has 0 bridgehead atoms. The molecule has 1 saturated carbocycles. The van der Waals surface area contributed by atoms with Gasteiger partial charge in [0.25, 0.3) is 0 Å². The van der Waals surface area contributed by atoms with Crippen LogP contribution in [0.2, 0.25) is 0 Å². The van der Waals surface area contributed by atoms with Crippen molar-refractivity contribution in [1.82, 2.24) is 5.32 Å². The highest BCUT2D eigenvalue weighted by molar-refractivity contribution is 5.39. The predicted molar refractivity (Wildman–Crippen MR) is 99.0 cm³/mol. The van der Waals surface area contributed by atoms with Crippen molar-refractivity contribution in [3.8, 4) is 0 Å². The van der Waals surface area contributed by atoms with Crippen LogP contribution in [0.4, 0.5) is 0 Å². The third-order valence-electron chi connectivity index (χ3n) is 5.34. The van der Waals surface area contributed by atoms with Crippen LogP contribution in [-0.4, -0.2) is 18.2 Å². The van der Waals surface area contributed by atoms with Gasteiger partial charge in [0, 0.05) is 17.2 Å². The van der Waals surface area contributed by atoms with Gasteiger partial charge in [-0.1, -0.05) is 60.7 Å². The Balaban J connectivity index is 1.79. The van der Waals surface area contributed by atoms with Gasteiger partial charge < -0.3 is 9.47 Å². The highest BCUT2D eigenvalue weighted by atomic mass is 16.6. The van der Waals surface area contributed by atoms with Crippen molar-refractivity contribution in [2.45, 2.75) is 43.6 Å². The van der Waals surface area contributed by atoms with E-state index in [4.69, 9.17) is 9.47 Å². The van der Waals surface area contributed by atoms with Gasteiger partial charge in [-0.2, -0.15) is 0 Å². The summed E-state index contributed by atoms with van der Waals surface area (Å²) in [6, 6.07) is 21.2. The molecule has 0 spiro atoms. The summed E-state index contributed by atoms with van der Waals surface area (Å²) in [7, 11) is 0. The number of fused-ring (bicyclic) bond motifs is 1. The Morgan fingerprint density at radius 2 is 1.72 bits per heavy atom. The average Bonchev–Trinajstić information content (AvgIpc) is 3.19. The highest BCUT2D eigenvalue weighted by Gasteiger charge is 2.57. The van der Waals surface area contributed by atoms with Crippen LogP contribution in [-0.2, 0) is 15.2 Å². The van der Waals surface area contributed by atoms with E-state index in [1.165, 1.54) is 0 Å². The third-order valence-corrected chi connectivity index (χ3v) is 5.34. The first kappa shape index (κ1) is 16.4. The van der Waals surface area contributed by atoms with Gasteiger partial charge >= 0.3 is 0 Å². The fourth-order valence-electron chi connectivity index (χ4n) is 4.17. The zero-order valence-corrected chi connectivity index (χ0v) is 14.7. The monoisotopic (exact) mass is 335 g/mol. The largest absolute Gasteiger partial charge is 0.502 e. The summed E-state index contributed by atoms with van der Waals surface area (Å²) in [6.07, 6.45) is 7.21. The highest BCUT2D eigenvalue weighted by Crippen LogP contribution is 2.49. The molecule has 25 heavy (non-hydrogen) atoms. The standard InChI is InChI=1S/C22H25NO2/c1-2-24-17-16-21-15-9-14-20(21)23-22(25-21,18-10-5-3-6-11-18)19-12-7-4-8-13-19/h3-8,10-13,16-17,20,23H,2,9,14-15H2,1H3/b17-16+. The van der Waals surface area contributed by atoms with Crippen molar-refractivity contribution in [2.75, 3.05) is 6.61 Å². The predicted octanol–water partition coefficient (Wildman–Crippen LogP) is 4.35. The van der Waals surface area contributed by atoms with E-state index in [-0.39, 0.29) is 11.6 Å². The maximum Gasteiger partial charge on any atom is 0.173 e. The molecule has 1 aliphatic carbocycles. The lowest BCUT2D eigenvalue weighted by molar-refractivity contribution is -0.0667. The lowest BCUT2D eigenvalue weighted by atomic mass is 9.94. The average molecular weight is 335 g/mol. The van der Waals surface area contributed by atoms with Crippen LogP contribution in [0.1, 0.15) is 37.3 Å². The maximum absolute atomic E-state index is 6.90. The van der Waals surface area contributed by atoms with Crippen molar-refractivity contribution < 1.29 is 9.47 Å². The Bertz CT molecular complexity index is 689. The van der Waals surface area contributed by atoms with Crippen molar-refractivity contribution in [3.63, 3.8) is 0 Å². The minimum Gasteiger partial charge on any atom is -0.502 e. The molecule has 0 radical (unpaired) electrons. The molecular weight excluding hydrogens is 310 g/mol. The first-order valence-electron chi connectivity index (χ1n) is 9.17. The SMILES string of the molecule is CCO/C=C/C12CCCC1NC(c1ccccc1)(c1ccccc1)O2. The van der Waals surface area contributed by atoms with Gasteiger partial charge in [-0.15, -0.1) is 0 Å². The van der Waals surface area contributed by atoms with Crippen LogP contribution in [0.3, 0.4) is 0 Å². The van der Waals surface area contributed by atoms with Gasteiger partial charge in [0.1, 0.15) is 5.60 Å². The smallest absolute Gasteiger partial charge is 0.173 e. The summed E-state index contributed by atoms with van der Waals surface area (Å²) < 4.78 is 12.4. The van der Waals surface area contributed by atoms with Crippen molar-refractivity contribution in [3.05, 3.63) is 84.1 Å². The lowest BCUT2D eigenvalue weighted by Crippen LogP contribution is -2.42. The first-order chi connectivity index (χ1) is 12.3. The second-order valence-electron chi connectivity index (χ2n) is 6.82. The van der Waals surface area contributed by atoms with E-state index in [1.54, 1.807) is 0 Å². The van der Waals surface area contributed by atoms with E-state index < -0.39 is 5.72 Å². The van der Waals surface area contributed by atoms with E-state index in [9.17, 15) is 0 Å². The Labute approximate surface area is 149 Å². The van der Waals surface area contributed by atoms with Crippen LogP contribution >= 0.6 is 0 Å². The Kier molecular flexibility index (Phi) is 4.36. The molecule has 2 aromatic rings. The summed E-state index contributed by atoms with van der Waals surface area (Å²) in [5, 5.41) is 3.84. The molecule has 3 heteroatoms. The molecule has 4 rings (SSSR count). The number of ether oxygens (including phenoxy) is 2. The molecule has 1 saturated heterocycles. The summed E-state index contributed by atoms with van der Waals surface area (Å²) >= 11 is 0. The van der Waals surface area contributed by atoms with Crippen LogP contribution in [0, 0.1) is 0 Å². The topological polar surface area (TPSA) is 30.5 Å². The number of nitrogens with one attached hydrogen (secondary N) is 1. The molecule has 3 nitrogen and oxygen atoms in total. The van der Waals surface area contributed by atoms with Gasteiger partial charge in [0.2, 0.25) is 0 Å². The molecule has 2 fully saturated rings. The van der Waals surface area contributed by atoms with Gasteiger partial charge in [0.05, 0.1) is 12.9 Å². The van der Waals surface area contributed by atoms with Gasteiger partial charge in [0.15, 0.2) is 5.72 Å². The van der Waals surface area contributed by atoms with Gasteiger partial charge in [-0.3, -0.25) is 5.32 Å². The molecule has 1 N–H and O–H groups in total. The van der Waals surface area contributed by atoms with Crippen molar-refractivity contribution in [2.24, 2.45) is 0 Å². The second-order valence-corrected chi connectivity index (χ2v) is 6.82. The Hall–Kier alpha value is -2.10. The van der Waals surface area contributed by atoms with Crippen molar-refractivity contribution in [1.29, 1.82) is 0 Å². The summed E-state index contributed by atoms with van der Waals surface area (Å²) in [5.74, 6) is 0. The zero-order chi connectivity index (χ0) is 17.2. The maximum atomic E-state index is 6.90. The number of rotatable bonds is 5. The van der Waals surface area contributed by atoms with Crippen LogP contribution < -0.4 is 5.32 Å². The molecule has 2 atom stereocenters. The fourth-order valence-corrected chi connectivity index (χ4v) is 4.17. The van der Waals surface area contributed by atoms with Crippen LogP contribution in [0.5, 0.6) is 0 Å². The lowest BCUT2D eigenvalue weighted by Gasteiger charge is -2.33. The Morgan fingerprint density at radius 3 is 2.32 bits per heavy atom. The number of hydrogen-bond donors (Lipinski definition) is 1. The summed E-state index contributed by atoms with van der Waals surface area (Å²) in [5.41, 5.74) is 1.34. The molecule has 0 aromatic heterocycles. The van der Waals surface area contributed by atoms with Gasteiger partial charge in [-0.25, -0.2) is 0 Å². The zero-order valence-electron chi connectivity index (χ0n) is 14.7. The molecule has 1 aliphatic heterocycles. The van der Waals surface area contributed by atoms with E-state index in [0.29, 0.717) is 6.61 Å². The molecule has 2 unspecified atom stereocenters. The second kappa shape index (κ2) is 6.66. The van der Waals surface area contributed by atoms with E-state index in [0.717, 1.165) is 30.4 Å². The van der Waals surface area contributed by atoms with E-state index in [2.05, 4.69) is 59.9 Å². The Morgan fingerprint density at radius 1 is 1.08 bits per heavy atom. The number of hydrogen-bond acceptors (Lipinski definition) is 3. The van der Waals surface area contributed by atoms with E-state index >= 15 is 0 Å². The molecule has 2 aromatic carbocycles. The molecule has 130 valence electrons. The minimum atomic E-state index is -0.621.